The van der Waals surface area contributed by atoms with Gasteiger partial charge in [-0.25, -0.2) is 4.68 Å². The molecule has 2 aromatic heterocycles. The highest BCUT2D eigenvalue weighted by Gasteiger charge is 2.28. The van der Waals surface area contributed by atoms with E-state index in [-0.39, 0.29) is 11.4 Å². The van der Waals surface area contributed by atoms with Crippen LogP contribution in [0.4, 0.5) is 0 Å². The van der Waals surface area contributed by atoms with E-state index < -0.39 is 0 Å². The van der Waals surface area contributed by atoms with Gasteiger partial charge in [0, 0.05) is 61.0 Å². The van der Waals surface area contributed by atoms with Crippen molar-refractivity contribution in [3.05, 3.63) is 72.7 Å². The summed E-state index contributed by atoms with van der Waals surface area (Å²) in [5, 5.41) is 7.79. The molecule has 1 N–H and O–H groups in total. The molecule has 0 aliphatic carbocycles. The third kappa shape index (κ3) is 5.30. The van der Waals surface area contributed by atoms with Crippen molar-refractivity contribution in [2.75, 3.05) is 32.8 Å². The van der Waals surface area contributed by atoms with Crippen LogP contribution in [-0.4, -0.2) is 64.0 Å². The first-order chi connectivity index (χ1) is 15.5. The molecule has 166 valence electrons. The lowest BCUT2D eigenvalue weighted by Gasteiger charge is -2.40. The maximum absolute atomic E-state index is 12.6. The third-order valence-electron chi connectivity index (χ3n) is 5.67. The van der Waals surface area contributed by atoms with Crippen LogP contribution in [0.5, 0.6) is 0 Å². The summed E-state index contributed by atoms with van der Waals surface area (Å²) in [6, 6.07) is 13.7. The van der Waals surface area contributed by atoms with Gasteiger partial charge >= 0.3 is 0 Å². The molecule has 1 aromatic carbocycles. The Morgan fingerprint density at radius 3 is 2.66 bits per heavy atom. The van der Waals surface area contributed by atoms with Crippen LogP contribution in [0.3, 0.4) is 0 Å². The van der Waals surface area contributed by atoms with Crippen molar-refractivity contribution < 1.29 is 9.53 Å². The molecule has 4 rings (SSSR count). The van der Waals surface area contributed by atoms with E-state index in [1.54, 1.807) is 18.5 Å². The Bertz CT molecular complexity index is 1050. The van der Waals surface area contributed by atoms with Crippen LogP contribution in [0.15, 0.2) is 67.1 Å². The van der Waals surface area contributed by atoms with Crippen molar-refractivity contribution in [2.24, 2.45) is 0 Å². The number of benzene rings is 1. The second-order valence-corrected chi connectivity index (χ2v) is 8.42. The van der Waals surface area contributed by atoms with Crippen LogP contribution in [0.2, 0.25) is 0 Å². The zero-order chi connectivity index (χ0) is 22.4. The van der Waals surface area contributed by atoms with Crippen LogP contribution in [0, 0.1) is 0 Å². The third-order valence-corrected chi connectivity index (χ3v) is 5.67. The van der Waals surface area contributed by atoms with E-state index in [1.165, 1.54) is 0 Å². The number of hydrogen-bond donors (Lipinski definition) is 1. The molecule has 0 unspecified atom stereocenters. The van der Waals surface area contributed by atoms with Gasteiger partial charge in [-0.05, 0) is 44.2 Å². The van der Waals surface area contributed by atoms with Crippen LogP contribution in [-0.2, 0) is 9.53 Å². The quantitative estimate of drug-likeness (QED) is 0.582. The highest BCUT2D eigenvalue weighted by atomic mass is 16.5. The minimum Gasteiger partial charge on any atom is -0.379 e. The molecule has 3 aromatic rings. The lowest BCUT2D eigenvalue weighted by atomic mass is 10.0. The second-order valence-electron chi connectivity index (χ2n) is 8.42. The molecular weight excluding hydrogens is 402 g/mol. The number of carbonyl (C=O) groups is 1. The Labute approximate surface area is 188 Å². The number of morpholine rings is 1. The number of rotatable bonds is 7. The summed E-state index contributed by atoms with van der Waals surface area (Å²) in [6.07, 6.45) is 8.82. The average molecular weight is 432 g/mol. The number of para-hydroxylation sites is 1. The van der Waals surface area contributed by atoms with Crippen molar-refractivity contribution in [3.8, 4) is 16.9 Å². The molecule has 7 heteroatoms. The number of amides is 1. The van der Waals surface area contributed by atoms with E-state index in [9.17, 15) is 4.79 Å². The second kappa shape index (κ2) is 9.89. The van der Waals surface area contributed by atoms with Crippen molar-refractivity contribution >= 4 is 12.0 Å². The molecule has 0 radical (unpaired) electrons. The van der Waals surface area contributed by atoms with E-state index in [1.807, 2.05) is 59.4 Å². The number of nitrogens with zero attached hydrogens (tertiary/aromatic N) is 4. The summed E-state index contributed by atoms with van der Waals surface area (Å²) in [4.78, 5) is 19.2. The zero-order valence-corrected chi connectivity index (χ0v) is 18.6. The Morgan fingerprint density at radius 2 is 1.94 bits per heavy atom. The van der Waals surface area contributed by atoms with Gasteiger partial charge in [-0.2, -0.15) is 5.10 Å². The molecule has 1 saturated heterocycles. The maximum atomic E-state index is 12.6. The standard InChI is InChI=1S/C25H29N5O2/c1-25(2,29-13-15-32-16-14-29)19-27-23(31)11-10-21-18-30(22-8-4-3-5-9-22)28-24(21)20-7-6-12-26-17-20/h3-12,17-18H,13-16,19H2,1-2H3,(H,27,31)/b11-10+. The molecule has 1 amide bonds. The van der Waals surface area contributed by atoms with E-state index in [4.69, 9.17) is 9.84 Å². The molecular formula is C25H29N5O2. The van der Waals surface area contributed by atoms with Gasteiger partial charge in [-0.1, -0.05) is 18.2 Å². The lowest BCUT2D eigenvalue weighted by molar-refractivity contribution is -0.117. The molecule has 7 nitrogen and oxygen atoms in total. The number of pyridine rings is 1. The van der Waals surface area contributed by atoms with Crippen LogP contribution in [0.25, 0.3) is 23.0 Å². The smallest absolute Gasteiger partial charge is 0.244 e. The Balaban J connectivity index is 1.50. The fourth-order valence-corrected chi connectivity index (χ4v) is 3.76. The van der Waals surface area contributed by atoms with Gasteiger partial charge in [0.15, 0.2) is 0 Å². The van der Waals surface area contributed by atoms with Crippen molar-refractivity contribution in [2.45, 2.75) is 19.4 Å². The summed E-state index contributed by atoms with van der Waals surface area (Å²) in [6.45, 7) is 8.09. The predicted molar refractivity (Wildman–Crippen MR) is 125 cm³/mol. The van der Waals surface area contributed by atoms with Gasteiger partial charge in [0.05, 0.1) is 18.9 Å². The first kappa shape index (κ1) is 21.9. The normalized spacial score (nSPS) is 15.2. The molecule has 1 aliphatic heterocycles. The Kier molecular flexibility index (Phi) is 6.78. The number of aromatic nitrogens is 3. The van der Waals surface area contributed by atoms with Gasteiger partial charge in [0.1, 0.15) is 5.69 Å². The molecule has 32 heavy (non-hydrogen) atoms. The summed E-state index contributed by atoms with van der Waals surface area (Å²) in [7, 11) is 0. The minimum atomic E-state index is -0.133. The Hall–Kier alpha value is -3.29. The number of hydrogen-bond acceptors (Lipinski definition) is 5. The first-order valence-corrected chi connectivity index (χ1v) is 10.9. The summed E-state index contributed by atoms with van der Waals surface area (Å²) >= 11 is 0. The zero-order valence-electron chi connectivity index (χ0n) is 18.6. The fraction of sp³-hybridized carbons (Fsp3) is 0.320. The van der Waals surface area contributed by atoms with Gasteiger partial charge in [-0.3, -0.25) is 14.7 Å². The molecule has 0 atom stereocenters. The monoisotopic (exact) mass is 431 g/mol. The molecule has 1 fully saturated rings. The SMILES string of the molecule is CC(C)(CNC(=O)/C=C/c1cn(-c2ccccc2)nc1-c1cccnc1)N1CCOCC1. The topological polar surface area (TPSA) is 72.3 Å². The van der Waals surface area contributed by atoms with Crippen molar-refractivity contribution in [1.29, 1.82) is 0 Å². The average Bonchev–Trinajstić information content (AvgIpc) is 3.27. The van der Waals surface area contributed by atoms with Crippen LogP contribution >= 0.6 is 0 Å². The molecule has 3 heterocycles. The number of ether oxygens (including phenoxy) is 1. The molecule has 0 saturated carbocycles. The van der Waals surface area contributed by atoms with Gasteiger partial charge < -0.3 is 10.1 Å². The Morgan fingerprint density at radius 1 is 1.16 bits per heavy atom. The molecule has 0 spiro atoms. The summed E-state index contributed by atoms with van der Waals surface area (Å²) < 4.78 is 7.26. The van der Waals surface area contributed by atoms with E-state index in [2.05, 4.69) is 29.0 Å². The van der Waals surface area contributed by atoms with Crippen LogP contribution in [0.1, 0.15) is 19.4 Å². The van der Waals surface area contributed by atoms with Gasteiger partial charge in [0.25, 0.3) is 0 Å². The lowest BCUT2D eigenvalue weighted by Crippen LogP contribution is -2.55. The van der Waals surface area contributed by atoms with Gasteiger partial charge in [-0.15, -0.1) is 0 Å². The first-order valence-electron chi connectivity index (χ1n) is 10.9. The van der Waals surface area contributed by atoms with E-state index >= 15 is 0 Å². The fourth-order valence-electron chi connectivity index (χ4n) is 3.76. The predicted octanol–water partition coefficient (Wildman–Crippen LogP) is 3.17. The number of carbonyl (C=O) groups excluding carboxylic acids is 1. The molecule has 1 aliphatic rings. The summed E-state index contributed by atoms with van der Waals surface area (Å²) in [5.41, 5.74) is 3.35. The van der Waals surface area contributed by atoms with Gasteiger partial charge in [0.2, 0.25) is 5.91 Å². The highest BCUT2D eigenvalue weighted by molar-refractivity contribution is 5.92. The molecule has 0 bridgehead atoms. The number of nitrogens with one attached hydrogen (secondary N) is 1. The van der Waals surface area contributed by atoms with Crippen LogP contribution < -0.4 is 5.32 Å². The minimum absolute atomic E-state index is 0.129. The van der Waals surface area contributed by atoms with Crippen molar-refractivity contribution in [1.82, 2.24) is 25.0 Å². The maximum Gasteiger partial charge on any atom is 0.244 e. The highest BCUT2D eigenvalue weighted by Crippen LogP contribution is 2.24. The summed E-state index contributed by atoms with van der Waals surface area (Å²) in [5.74, 6) is -0.129. The van der Waals surface area contributed by atoms with E-state index in [0.29, 0.717) is 6.54 Å². The van der Waals surface area contributed by atoms with E-state index in [0.717, 1.165) is 48.8 Å². The largest absolute Gasteiger partial charge is 0.379 e. The van der Waals surface area contributed by atoms with Crippen molar-refractivity contribution in [3.63, 3.8) is 0 Å².